The average Bonchev–Trinajstić information content (AvgIpc) is 2.18. The normalized spacial score (nSPS) is 9.38. The smallest absolute Gasteiger partial charge is 0.0938 e. The molecule has 0 saturated carbocycles. The molecule has 0 bridgehead atoms. The number of benzene rings is 1. The first-order valence-electron chi connectivity index (χ1n) is 3.75. The minimum Gasteiger partial charge on any atom is -0.318 e. The molecule has 4 nitrogen and oxygen atoms in total. The summed E-state index contributed by atoms with van der Waals surface area (Å²) in [6.45, 7) is 0. The number of nitrogens with two attached hydrogens (primary N) is 1. The Balaban J connectivity index is 2.81. The minimum atomic E-state index is 0.509. The summed E-state index contributed by atoms with van der Waals surface area (Å²) in [5.74, 6) is 5.14. The Morgan fingerprint density at radius 3 is 2.77 bits per heavy atom. The first-order valence-corrected chi connectivity index (χ1v) is 4.16. The van der Waals surface area contributed by atoms with Crippen LogP contribution in [0.1, 0.15) is 5.56 Å². The molecule has 0 aromatic heterocycles. The molecule has 5 heteroatoms. The lowest BCUT2D eigenvalue weighted by molar-refractivity contribution is 0.388. The highest BCUT2D eigenvalue weighted by atomic mass is 32.1. The molecule has 0 saturated heterocycles. The van der Waals surface area contributed by atoms with Gasteiger partial charge in [0, 0.05) is 6.42 Å². The molecular formula is C8H11N3OS. The van der Waals surface area contributed by atoms with Gasteiger partial charge < -0.3 is 5.43 Å². The fourth-order valence-corrected chi connectivity index (χ4v) is 1.16. The Hall–Kier alpha value is -1.17. The second kappa shape index (κ2) is 4.76. The Morgan fingerprint density at radius 1 is 1.46 bits per heavy atom. The summed E-state index contributed by atoms with van der Waals surface area (Å²) in [4.78, 5) is 0.530. The summed E-state index contributed by atoms with van der Waals surface area (Å²) in [5, 5.41) is 8.76. The second-order valence-electron chi connectivity index (χ2n) is 2.51. The number of hydrogen-bond acceptors (Lipinski definition) is 4. The summed E-state index contributed by atoms with van der Waals surface area (Å²) in [5.41, 5.74) is 6.02. The zero-order valence-electron chi connectivity index (χ0n) is 6.95. The monoisotopic (exact) mass is 197 g/mol. The van der Waals surface area contributed by atoms with Crippen molar-refractivity contribution in [2.45, 2.75) is 6.42 Å². The fraction of sp³-hybridized carbons (Fsp3) is 0.125. The van der Waals surface area contributed by atoms with E-state index in [0.29, 0.717) is 17.1 Å². The predicted octanol–water partition coefficient (Wildman–Crippen LogP) is 0.821. The summed E-state index contributed by atoms with van der Waals surface area (Å²) >= 11 is 4.90. The van der Waals surface area contributed by atoms with Crippen molar-refractivity contribution >= 4 is 22.9 Å². The maximum absolute atomic E-state index is 8.76. The number of hydrazine groups is 1. The Labute approximate surface area is 81.7 Å². The predicted molar refractivity (Wildman–Crippen MR) is 55.5 cm³/mol. The van der Waals surface area contributed by atoms with Gasteiger partial charge in [-0.25, -0.2) is 0 Å². The largest absolute Gasteiger partial charge is 0.318 e. The van der Waals surface area contributed by atoms with Gasteiger partial charge in [0.2, 0.25) is 0 Å². The second-order valence-corrected chi connectivity index (χ2v) is 3.01. The highest BCUT2D eigenvalue weighted by Crippen LogP contribution is 2.14. The summed E-state index contributed by atoms with van der Waals surface area (Å²) in [6.07, 6.45) is 0.509. The molecule has 70 valence electrons. The van der Waals surface area contributed by atoms with E-state index in [9.17, 15) is 0 Å². The molecular weight excluding hydrogens is 186 g/mol. The number of hydrogen-bond donors (Lipinski definition) is 4. The molecule has 0 heterocycles. The van der Waals surface area contributed by atoms with Gasteiger partial charge in [0.1, 0.15) is 0 Å². The van der Waals surface area contributed by atoms with Crippen molar-refractivity contribution in [2.75, 3.05) is 5.48 Å². The van der Waals surface area contributed by atoms with Gasteiger partial charge in [-0.3, -0.25) is 16.5 Å². The summed E-state index contributed by atoms with van der Waals surface area (Å²) < 4.78 is 0. The van der Waals surface area contributed by atoms with Gasteiger partial charge in [0.15, 0.2) is 0 Å². The molecule has 0 fully saturated rings. The maximum atomic E-state index is 8.76. The molecule has 0 radical (unpaired) electrons. The van der Waals surface area contributed by atoms with Crippen LogP contribution in [-0.4, -0.2) is 10.2 Å². The molecule has 0 aliphatic carbocycles. The van der Waals surface area contributed by atoms with E-state index >= 15 is 0 Å². The number of para-hydroxylation sites is 1. The van der Waals surface area contributed by atoms with E-state index in [2.05, 4.69) is 10.9 Å². The third-order valence-corrected chi connectivity index (χ3v) is 1.91. The van der Waals surface area contributed by atoms with Crippen LogP contribution in [-0.2, 0) is 6.42 Å². The first kappa shape index (κ1) is 9.91. The third-order valence-electron chi connectivity index (χ3n) is 1.65. The van der Waals surface area contributed by atoms with Crippen LogP contribution in [0.3, 0.4) is 0 Å². The molecule has 0 spiro atoms. The van der Waals surface area contributed by atoms with E-state index in [0.717, 1.165) is 5.56 Å². The van der Waals surface area contributed by atoms with Crippen LogP contribution >= 0.6 is 12.2 Å². The van der Waals surface area contributed by atoms with Crippen molar-refractivity contribution in [3.63, 3.8) is 0 Å². The van der Waals surface area contributed by atoms with E-state index in [1.165, 1.54) is 0 Å². The van der Waals surface area contributed by atoms with Crippen LogP contribution in [0.5, 0.6) is 0 Å². The molecule has 0 aliphatic rings. The van der Waals surface area contributed by atoms with Crippen molar-refractivity contribution < 1.29 is 5.21 Å². The lowest BCUT2D eigenvalue weighted by Gasteiger charge is -2.07. The van der Waals surface area contributed by atoms with Gasteiger partial charge >= 0.3 is 0 Å². The van der Waals surface area contributed by atoms with Crippen LogP contribution in [0.4, 0.5) is 5.69 Å². The molecule has 0 amide bonds. The van der Waals surface area contributed by atoms with Gasteiger partial charge in [0.05, 0.1) is 10.7 Å². The van der Waals surface area contributed by atoms with Crippen molar-refractivity contribution in [3.05, 3.63) is 29.8 Å². The summed E-state index contributed by atoms with van der Waals surface area (Å²) in [7, 11) is 0. The van der Waals surface area contributed by atoms with Crippen molar-refractivity contribution in [3.8, 4) is 0 Å². The zero-order chi connectivity index (χ0) is 9.68. The standard InChI is InChI=1S/C8H11N3OS/c9-10-8(13)5-6-3-1-2-4-7(6)11-12/h1-4,11-12H,5,9H2,(H,10,13). The number of anilines is 1. The van der Waals surface area contributed by atoms with Crippen LogP contribution in [0.15, 0.2) is 24.3 Å². The molecule has 13 heavy (non-hydrogen) atoms. The Kier molecular flexibility index (Phi) is 3.63. The van der Waals surface area contributed by atoms with Gasteiger partial charge in [-0.2, -0.15) is 0 Å². The van der Waals surface area contributed by atoms with E-state index in [-0.39, 0.29) is 0 Å². The summed E-state index contributed by atoms with van der Waals surface area (Å²) in [6, 6.07) is 7.31. The van der Waals surface area contributed by atoms with Gasteiger partial charge in [-0.05, 0) is 11.6 Å². The minimum absolute atomic E-state index is 0.509. The van der Waals surface area contributed by atoms with Gasteiger partial charge in [-0.15, -0.1) is 0 Å². The topological polar surface area (TPSA) is 70.3 Å². The zero-order valence-corrected chi connectivity index (χ0v) is 7.77. The van der Waals surface area contributed by atoms with Crippen LogP contribution in [0, 0.1) is 0 Å². The third kappa shape index (κ3) is 2.66. The number of nitrogens with one attached hydrogen (secondary N) is 2. The molecule has 1 aromatic carbocycles. The first-order chi connectivity index (χ1) is 6.27. The highest BCUT2D eigenvalue weighted by Gasteiger charge is 2.02. The fourth-order valence-electron chi connectivity index (χ4n) is 1.01. The quantitative estimate of drug-likeness (QED) is 0.328. The van der Waals surface area contributed by atoms with Crippen LogP contribution in [0.2, 0.25) is 0 Å². The maximum Gasteiger partial charge on any atom is 0.0938 e. The van der Waals surface area contributed by atoms with Gasteiger partial charge in [-0.1, -0.05) is 30.4 Å². The van der Waals surface area contributed by atoms with Crippen LogP contribution in [0.25, 0.3) is 0 Å². The highest BCUT2D eigenvalue weighted by molar-refractivity contribution is 7.80. The van der Waals surface area contributed by atoms with Gasteiger partial charge in [0.25, 0.3) is 0 Å². The SMILES string of the molecule is NNC(=S)Cc1ccccc1NO. The van der Waals surface area contributed by atoms with E-state index in [1.807, 2.05) is 18.2 Å². The van der Waals surface area contributed by atoms with Crippen LogP contribution < -0.4 is 16.7 Å². The molecule has 0 unspecified atom stereocenters. The number of thiocarbonyl (C=S) groups is 1. The Morgan fingerprint density at radius 2 is 2.15 bits per heavy atom. The van der Waals surface area contributed by atoms with Crippen molar-refractivity contribution in [1.82, 2.24) is 5.43 Å². The molecule has 1 rings (SSSR count). The van der Waals surface area contributed by atoms with E-state index in [1.54, 1.807) is 6.07 Å². The van der Waals surface area contributed by atoms with Crippen molar-refractivity contribution in [1.29, 1.82) is 0 Å². The van der Waals surface area contributed by atoms with E-state index in [4.69, 9.17) is 23.3 Å². The molecule has 0 atom stereocenters. The number of rotatable bonds is 3. The lowest BCUT2D eigenvalue weighted by Crippen LogP contribution is -2.30. The molecule has 0 aliphatic heterocycles. The molecule has 5 N–H and O–H groups in total. The molecule has 1 aromatic rings. The van der Waals surface area contributed by atoms with E-state index < -0.39 is 0 Å². The van der Waals surface area contributed by atoms with Crippen molar-refractivity contribution in [2.24, 2.45) is 5.84 Å². The lowest BCUT2D eigenvalue weighted by atomic mass is 10.1. The Bertz CT molecular complexity index is 303. The average molecular weight is 197 g/mol.